The Kier molecular flexibility index (Phi) is 6.33. The van der Waals surface area contributed by atoms with E-state index in [4.69, 9.17) is 21.4 Å². The van der Waals surface area contributed by atoms with Gasteiger partial charge in [0.2, 0.25) is 0 Å². The first-order chi connectivity index (χ1) is 14.9. The molecule has 2 aliphatic rings. The molecular weight excluding hydrogens is 531 g/mol. The third-order valence-electron chi connectivity index (χ3n) is 8.18. The Bertz CT molecular complexity index is 1270. The van der Waals surface area contributed by atoms with Gasteiger partial charge in [0.1, 0.15) is 0 Å². The van der Waals surface area contributed by atoms with Crippen LogP contribution in [0, 0.1) is 0 Å². The molecule has 0 radical (unpaired) electrons. The van der Waals surface area contributed by atoms with Gasteiger partial charge in [-0.15, -0.1) is 0 Å². The van der Waals surface area contributed by atoms with Crippen LogP contribution in [0.1, 0.15) is 62.1 Å². The first-order valence-electron chi connectivity index (χ1n) is 11.6. The zero-order valence-corrected chi connectivity index (χ0v) is 25.5. The van der Waals surface area contributed by atoms with Crippen LogP contribution in [0.15, 0.2) is 62.6 Å². The van der Waals surface area contributed by atoms with Gasteiger partial charge in [-0.25, -0.2) is 0 Å². The number of allylic oxidation sites excluding steroid dienone is 5. The molecule has 1 aromatic heterocycles. The minimum atomic E-state index is -4.47. The van der Waals surface area contributed by atoms with Crippen molar-refractivity contribution in [1.82, 2.24) is 0 Å². The maximum atomic E-state index is 8.10. The summed E-state index contributed by atoms with van der Waals surface area (Å²) < 4.78 is 6.49. The number of benzene rings is 1. The van der Waals surface area contributed by atoms with Gasteiger partial charge < -0.3 is 0 Å². The SMILES string of the molecule is CCc1ccc(-c2cccc3c2C=C(C)[CH]3[Zr]([Cl])([Cl])([CH]2C(C)=C(C)C(C)=C2C)=[Si](C)C)o1. The van der Waals surface area contributed by atoms with E-state index in [1.54, 1.807) is 0 Å². The van der Waals surface area contributed by atoms with E-state index in [1.807, 2.05) is 0 Å². The summed E-state index contributed by atoms with van der Waals surface area (Å²) in [6.45, 7) is 18.1. The fourth-order valence-electron chi connectivity index (χ4n) is 6.07. The van der Waals surface area contributed by atoms with Crippen LogP contribution in [-0.2, 0) is 21.4 Å². The van der Waals surface area contributed by atoms with Crippen molar-refractivity contribution < 1.29 is 19.4 Å². The van der Waals surface area contributed by atoms with Crippen LogP contribution >= 0.6 is 17.0 Å². The normalized spacial score (nSPS) is 19.7. The van der Waals surface area contributed by atoms with Gasteiger partial charge in [0.05, 0.1) is 0 Å². The molecule has 0 aliphatic heterocycles. The van der Waals surface area contributed by atoms with Gasteiger partial charge in [-0.3, -0.25) is 0 Å². The minimum absolute atomic E-state index is 0.132. The molecule has 0 spiro atoms. The third kappa shape index (κ3) is 3.33. The molecule has 4 rings (SSSR count). The van der Waals surface area contributed by atoms with Gasteiger partial charge in [0.25, 0.3) is 0 Å². The van der Waals surface area contributed by atoms with E-state index in [1.165, 1.54) is 39.0 Å². The monoisotopic (exact) mass is 562 g/mol. The summed E-state index contributed by atoms with van der Waals surface area (Å²) in [5.41, 5.74) is 9.59. The zero-order valence-electron chi connectivity index (χ0n) is 20.5. The molecule has 170 valence electrons. The van der Waals surface area contributed by atoms with E-state index in [-0.39, 0.29) is 7.25 Å². The summed E-state index contributed by atoms with van der Waals surface area (Å²) in [6, 6.07) is 10.8. The molecule has 0 N–H and O–H groups in total. The van der Waals surface area contributed by atoms with Crippen LogP contribution in [0.5, 0.6) is 0 Å². The summed E-state index contributed by atoms with van der Waals surface area (Å²) in [5, 5.41) is 0. The van der Waals surface area contributed by atoms with E-state index in [0.29, 0.717) is 0 Å². The topological polar surface area (TPSA) is 13.1 Å². The molecule has 0 amide bonds. The second kappa shape index (κ2) is 8.26. The Morgan fingerprint density at radius 2 is 1.53 bits per heavy atom. The van der Waals surface area contributed by atoms with Crippen molar-refractivity contribution in [3.63, 3.8) is 0 Å². The van der Waals surface area contributed by atoms with Crippen molar-refractivity contribution in [1.29, 1.82) is 0 Å². The van der Waals surface area contributed by atoms with E-state index < -0.39 is 20.4 Å². The van der Waals surface area contributed by atoms with Gasteiger partial charge >= 0.3 is 203 Å². The third-order valence-corrected chi connectivity index (χ3v) is 55.4. The number of hydrogen-bond donors (Lipinski definition) is 0. The van der Waals surface area contributed by atoms with Gasteiger partial charge in [-0.2, -0.15) is 0 Å². The Morgan fingerprint density at radius 3 is 2.06 bits per heavy atom. The van der Waals surface area contributed by atoms with Gasteiger partial charge in [-0.05, 0) is 0 Å². The van der Waals surface area contributed by atoms with Crippen molar-refractivity contribution in [2.75, 3.05) is 0 Å². The zero-order chi connectivity index (χ0) is 23.6. The van der Waals surface area contributed by atoms with Gasteiger partial charge in [-0.1, -0.05) is 0 Å². The Morgan fingerprint density at radius 1 is 0.906 bits per heavy atom. The van der Waals surface area contributed by atoms with Crippen molar-refractivity contribution in [2.45, 2.75) is 68.3 Å². The fourth-order valence-corrected chi connectivity index (χ4v) is 37.9. The van der Waals surface area contributed by atoms with Crippen molar-refractivity contribution in [3.8, 4) is 11.3 Å². The van der Waals surface area contributed by atoms with E-state index in [9.17, 15) is 0 Å². The second-order valence-corrected chi connectivity index (χ2v) is 48.7. The number of furan rings is 1. The number of hydrogen-bond acceptors (Lipinski definition) is 1. The van der Waals surface area contributed by atoms with Crippen LogP contribution < -0.4 is 0 Å². The summed E-state index contributed by atoms with van der Waals surface area (Å²) in [6.07, 6.45) is 3.23. The molecule has 1 unspecified atom stereocenters. The van der Waals surface area contributed by atoms with Crippen LogP contribution in [0.3, 0.4) is 0 Å². The number of fused-ring (bicyclic) bond motifs is 1. The van der Waals surface area contributed by atoms with Crippen LogP contribution in [0.2, 0.25) is 16.7 Å². The molecule has 0 saturated carbocycles. The molecule has 0 bridgehead atoms. The van der Waals surface area contributed by atoms with E-state index in [0.717, 1.165) is 23.5 Å². The molecule has 32 heavy (non-hydrogen) atoms. The predicted octanol–water partition coefficient (Wildman–Crippen LogP) is 9.69. The van der Waals surface area contributed by atoms with Crippen LogP contribution in [0.25, 0.3) is 17.4 Å². The second-order valence-electron chi connectivity index (χ2n) is 9.95. The van der Waals surface area contributed by atoms with Crippen molar-refractivity contribution >= 4 is 28.5 Å². The maximum absolute atomic E-state index is 8.10. The standard InChI is InChI=1S/C16H15O.C9H13.C2H6Si.2ClH.Zr/c1-3-13-7-8-16(17-13)14-6-4-5-12-9-11(2)10-15(12)14;1-6-5-7(2)9(4)8(6)3;1-3-2;;;/h4-10H,3H2,1-2H3;5H,1-4H3;1-2H3;2*1H;/q;;;;;+2/p-2. The Balaban J connectivity index is 1.99. The van der Waals surface area contributed by atoms with Crippen LogP contribution in [-0.4, -0.2) is 5.43 Å². The predicted molar refractivity (Wildman–Crippen MR) is 140 cm³/mol. The van der Waals surface area contributed by atoms with Gasteiger partial charge in [0, 0.05) is 0 Å². The average molecular weight is 565 g/mol. The summed E-state index contributed by atoms with van der Waals surface area (Å²) in [4.78, 5) is 0. The fraction of sp³-hybridized carbons (Fsp3) is 0.407. The summed E-state index contributed by atoms with van der Waals surface area (Å²) in [7, 11) is 16.2. The summed E-state index contributed by atoms with van der Waals surface area (Å²) >= 11 is -4.47. The van der Waals surface area contributed by atoms with E-state index >= 15 is 0 Å². The van der Waals surface area contributed by atoms with Crippen molar-refractivity contribution in [3.05, 3.63) is 75.1 Å². The molecule has 1 nitrogen and oxygen atoms in total. The molecule has 0 saturated heterocycles. The average Bonchev–Trinajstić information content (AvgIpc) is 3.40. The first kappa shape index (κ1) is 24.5. The van der Waals surface area contributed by atoms with E-state index in [2.05, 4.69) is 91.0 Å². The first-order valence-corrected chi connectivity index (χ1v) is 26.9. The number of halogens is 2. The number of rotatable bonds is 4. The molecule has 1 atom stereocenters. The molecular formula is C27H34Cl2OSiZr. The van der Waals surface area contributed by atoms with Crippen LogP contribution in [0.4, 0.5) is 0 Å². The molecule has 2 aliphatic carbocycles. The number of aryl methyl sites for hydroxylation is 1. The molecule has 2 aromatic rings. The molecule has 1 heterocycles. The quantitative estimate of drug-likeness (QED) is 0.337. The Labute approximate surface area is 201 Å². The molecule has 0 fully saturated rings. The van der Waals surface area contributed by atoms with Crippen molar-refractivity contribution in [2.24, 2.45) is 0 Å². The molecule has 1 aromatic carbocycles. The van der Waals surface area contributed by atoms with Gasteiger partial charge in [0.15, 0.2) is 0 Å². The Hall–Kier alpha value is -0.600. The molecule has 5 heteroatoms. The summed E-state index contributed by atoms with van der Waals surface area (Å²) in [5.74, 6) is 1.94.